The molecule has 0 amide bonds. The fourth-order valence-corrected chi connectivity index (χ4v) is 4.64. The monoisotopic (exact) mass is 470 g/mol. The van der Waals surface area contributed by atoms with Crippen LogP contribution in [0.2, 0.25) is 0 Å². The van der Waals surface area contributed by atoms with E-state index >= 15 is 0 Å². The number of anilines is 1. The van der Waals surface area contributed by atoms with Crippen LogP contribution in [0.1, 0.15) is 0 Å². The van der Waals surface area contributed by atoms with Gasteiger partial charge in [0.05, 0.1) is 10.6 Å². The number of carbonyl (C=O) groups is 1. The van der Waals surface area contributed by atoms with E-state index in [0.29, 0.717) is 11.0 Å². The van der Waals surface area contributed by atoms with E-state index in [4.69, 9.17) is 14.3 Å². The first-order chi connectivity index (χ1) is 15.0. The highest BCUT2D eigenvalue weighted by atomic mass is 32.2. The van der Waals surface area contributed by atoms with Gasteiger partial charge < -0.3 is 19.3 Å². The molecule has 0 spiro atoms. The van der Waals surface area contributed by atoms with Crippen molar-refractivity contribution in [2.45, 2.75) is 16.0 Å². The maximum absolute atomic E-state index is 13.0. The van der Waals surface area contributed by atoms with E-state index in [1.54, 1.807) is 30.3 Å². The normalized spacial score (nSPS) is 15.3. The number of benzene rings is 2. The van der Waals surface area contributed by atoms with Crippen LogP contribution in [0.15, 0.2) is 69.0 Å². The molecule has 0 unspecified atom stereocenters. The van der Waals surface area contributed by atoms with Gasteiger partial charge in [-0.3, -0.25) is 0 Å². The van der Waals surface area contributed by atoms with Crippen LogP contribution in [-0.2, 0) is 14.6 Å². The molecule has 0 saturated carbocycles. The maximum atomic E-state index is 13.0. The summed E-state index contributed by atoms with van der Waals surface area (Å²) in [4.78, 5) is 13.9. The Morgan fingerprint density at radius 1 is 1.00 bits per heavy atom. The quantitative estimate of drug-likeness (QED) is 0.625. The average molecular weight is 470 g/mol. The topological polar surface area (TPSA) is 91.1 Å². The summed E-state index contributed by atoms with van der Waals surface area (Å²) >= 11 is 0. The Labute approximate surface area is 182 Å². The van der Waals surface area contributed by atoms with Gasteiger partial charge in [-0.1, -0.05) is 24.3 Å². The second-order valence-electron chi connectivity index (χ2n) is 7.16. The predicted octanol–water partition coefficient (Wildman–Crippen LogP) is 3.65. The van der Waals surface area contributed by atoms with Gasteiger partial charge in [-0.15, -0.1) is 0 Å². The zero-order valence-electron chi connectivity index (χ0n) is 17.0. The minimum atomic E-state index is -5.08. The largest absolute Gasteiger partial charge is 0.490 e. The third-order valence-electron chi connectivity index (χ3n) is 4.97. The average Bonchev–Trinajstić information content (AvgIpc) is 3.20. The van der Waals surface area contributed by atoms with Crippen LogP contribution in [0, 0.1) is 0 Å². The number of piperazine rings is 1. The molecular formula is C21H21F3N2O5S. The third kappa shape index (κ3) is 5.05. The van der Waals surface area contributed by atoms with Crippen LogP contribution < -0.4 is 4.90 Å². The molecule has 3 aromatic rings. The smallest absolute Gasteiger partial charge is 0.475 e. The number of likely N-dealkylation sites (N-methyl/N-ethyl adjacent to an activating group) is 1. The third-order valence-corrected chi connectivity index (χ3v) is 6.76. The van der Waals surface area contributed by atoms with Crippen LogP contribution in [0.5, 0.6) is 0 Å². The first-order valence-electron chi connectivity index (χ1n) is 9.56. The molecule has 1 aromatic heterocycles. The Hall–Kier alpha value is -3.05. The Balaban J connectivity index is 0.000000360. The van der Waals surface area contributed by atoms with Gasteiger partial charge in [0.2, 0.25) is 9.84 Å². The number of carboxylic acids is 1. The van der Waals surface area contributed by atoms with E-state index in [-0.39, 0.29) is 9.79 Å². The molecule has 4 rings (SSSR count). The predicted molar refractivity (Wildman–Crippen MR) is 112 cm³/mol. The molecule has 1 saturated heterocycles. The van der Waals surface area contributed by atoms with Crippen molar-refractivity contribution in [1.29, 1.82) is 0 Å². The Kier molecular flexibility index (Phi) is 6.79. The summed E-state index contributed by atoms with van der Waals surface area (Å²) in [5.41, 5.74) is 1.60. The summed E-state index contributed by atoms with van der Waals surface area (Å²) in [5.74, 6) is -2.76. The maximum Gasteiger partial charge on any atom is 0.490 e. The molecule has 1 N–H and O–H groups in total. The number of aliphatic carboxylic acids is 1. The fourth-order valence-electron chi connectivity index (χ4n) is 3.25. The van der Waals surface area contributed by atoms with Crippen molar-refractivity contribution < 1.29 is 35.9 Å². The molecule has 0 aliphatic carbocycles. The highest BCUT2D eigenvalue weighted by Gasteiger charge is 2.38. The number of nitrogens with zero attached hydrogens (tertiary/aromatic N) is 2. The molecule has 2 aromatic carbocycles. The summed E-state index contributed by atoms with van der Waals surface area (Å²) in [7, 11) is -1.49. The fraction of sp³-hybridized carbons (Fsp3) is 0.286. The van der Waals surface area contributed by atoms with E-state index in [2.05, 4.69) is 16.8 Å². The molecule has 32 heavy (non-hydrogen) atoms. The van der Waals surface area contributed by atoms with Crippen LogP contribution in [-0.4, -0.2) is 63.8 Å². The lowest BCUT2D eigenvalue weighted by Crippen LogP contribution is -2.44. The Morgan fingerprint density at radius 3 is 2.16 bits per heavy atom. The lowest BCUT2D eigenvalue weighted by Gasteiger charge is -2.33. The molecule has 1 fully saturated rings. The van der Waals surface area contributed by atoms with E-state index in [0.717, 1.165) is 31.9 Å². The van der Waals surface area contributed by atoms with Crippen LogP contribution >= 0.6 is 0 Å². The lowest BCUT2D eigenvalue weighted by atomic mass is 10.2. The summed E-state index contributed by atoms with van der Waals surface area (Å²) in [5, 5.41) is 7.76. The van der Waals surface area contributed by atoms with Gasteiger partial charge in [0.1, 0.15) is 11.2 Å². The number of sulfone groups is 1. The standard InChI is InChI=1S/C19H20N2O3S.C2HF3O2/c1-20-10-12-21(13-11-20)17-9-5-8-16-18(14-24-19(16)17)25(22,23)15-6-3-2-4-7-15;3-2(4,5)1(6)7/h2-9,14H,10-13H2,1H3;(H,6,7). The van der Waals surface area contributed by atoms with Gasteiger partial charge in [-0.05, 0) is 31.3 Å². The summed E-state index contributed by atoms with van der Waals surface area (Å²) < 4.78 is 63.4. The van der Waals surface area contributed by atoms with Crippen LogP contribution in [0.4, 0.5) is 18.9 Å². The number of furan rings is 1. The molecule has 2 heterocycles. The molecular weight excluding hydrogens is 449 g/mol. The zero-order valence-corrected chi connectivity index (χ0v) is 17.9. The van der Waals surface area contributed by atoms with Gasteiger partial charge >= 0.3 is 12.1 Å². The van der Waals surface area contributed by atoms with Gasteiger partial charge in [-0.2, -0.15) is 13.2 Å². The molecule has 1 aliphatic rings. The van der Waals surface area contributed by atoms with Gasteiger partial charge in [0, 0.05) is 31.6 Å². The number of hydrogen-bond acceptors (Lipinski definition) is 6. The number of alkyl halides is 3. The SMILES string of the molecule is CN1CCN(c2cccc3c(S(=O)(=O)c4ccccc4)coc23)CC1.O=C(O)C(F)(F)F. The highest BCUT2D eigenvalue weighted by Crippen LogP contribution is 2.35. The minimum Gasteiger partial charge on any atom is -0.475 e. The van der Waals surface area contributed by atoms with E-state index in [1.807, 2.05) is 18.2 Å². The number of carboxylic acid groups (broad SMARTS) is 1. The molecule has 0 atom stereocenters. The molecule has 11 heteroatoms. The van der Waals surface area contributed by atoms with Crippen LogP contribution in [0.25, 0.3) is 11.0 Å². The number of rotatable bonds is 3. The second kappa shape index (κ2) is 9.21. The van der Waals surface area contributed by atoms with E-state index < -0.39 is 22.0 Å². The number of halogens is 3. The van der Waals surface area contributed by atoms with Gasteiger partial charge in [-0.25, -0.2) is 13.2 Å². The van der Waals surface area contributed by atoms with Crippen molar-refractivity contribution in [3.8, 4) is 0 Å². The molecule has 0 radical (unpaired) electrons. The second-order valence-corrected chi connectivity index (χ2v) is 9.08. The highest BCUT2D eigenvalue weighted by molar-refractivity contribution is 7.91. The molecule has 7 nitrogen and oxygen atoms in total. The molecule has 0 bridgehead atoms. The van der Waals surface area contributed by atoms with Crippen molar-refractivity contribution in [2.75, 3.05) is 38.1 Å². The Morgan fingerprint density at radius 2 is 1.59 bits per heavy atom. The van der Waals surface area contributed by atoms with E-state index in [1.165, 1.54) is 6.26 Å². The van der Waals surface area contributed by atoms with Crippen LogP contribution in [0.3, 0.4) is 0 Å². The molecule has 172 valence electrons. The van der Waals surface area contributed by atoms with E-state index in [9.17, 15) is 21.6 Å². The summed E-state index contributed by atoms with van der Waals surface area (Å²) in [6, 6.07) is 14.2. The van der Waals surface area contributed by atoms with Crippen molar-refractivity contribution >= 4 is 32.5 Å². The lowest BCUT2D eigenvalue weighted by molar-refractivity contribution is -0.192. The zero-order chi connectivity index (χ0) is 23.5. The van der Waals surface area contributed by atoms with Crippen molar-refractivity contribution in [2.24, 2.45) is 0 Å². The Bertz CT molecular complexity index is 1190. The van der Waals surface area contributed by atoms with Crippen molar-refractivity contribution in [3.05, 3.63) is 54.8 Å². The minimum absolute atomic E-state index is 0.227. The number of para-hydroxylation sites is 1. The first kappa shape index (κ1) is 23.6. The first-order valence-corrected chi connectivity index (χ1v) is 11.0. The van der Waals surface area contributed by atoms with Gasteiger partial charge in [0.25, 0.3) is 0 Å². The summed E-state index contributed by atoms with van der Waals surface area (Å²) in [6.45, 7) is 3.76. The number of hydrogen-bond donors (Lipinski definition) is 1. The number of fused-ring (bicyclic) bond motifs is 1. The summed E-state index contributed by atoms with van der Waals surface area (Å²) in [6.07, 6.45) is -3.72. The van der Waals surface area contributed by atoms with Gasteiger partial charge in [0.15, 0.2) is 5.58 Å². The van der Waals surface area contributed by atoms with Crippen molar-refractivity contribution in [1.82, 2.24) is 4.90 Å². The molecule has 1 aliphatic heterocycles. The van der Waals surface area contributed by atoms with Crippen molar-refractivity contribution in [3.63, 3.8) is 0 Å².